The molecule has 0 saturated heterocycles. The van der Waals surface area contributed by atoms with E-state index >= 15 is 0 Å². The van der Waals surface area contributed by atoms with Gasteiger partial charge in [0, 0.05) is 13.1 Å². The van der Waals surface area contributed by atoms with Crippen molar-refractivity contribution in [1.82, 2.24) is 9.97 Å². The van der Waals surface area contributed by atoms with Crippen LogP contribution < -0.4 is 4.90 Å². The zero-order valence-electron chi connectivity index (χ0n) is 15.5. The highest BCUT2D eigenvalue weighted by molar-refractivity contribution is 7.92. The van der Waals surface area contributed by atoms with Crippen LogP contribution in [0.2, 0.25) is 0 Å². The Hall–Kier alpha value is -3.05. The Kier molecular flexibility index (Phi) is 5.56. The second kappa shape index (κ2) is 7.90. The molecule has 1 heterocycles. The average Bonchev–Trinajstić information content (AvgIpc) is 2.69. The number of hydrogen-bond donors (Lipinski definition) is 0. The van der Waals surface area contributed by atoms with Gasteiger partial charge in [0.25, 0.3) is 0 Å². The van der Waals surface area contributed by atoms with E-state index in [2.05, 4.69) is 9.97 Å². The van der Waals surface area contributed by atoms with E-state index in [1.807, 2.05) is 30.9 Å². The van der Waals surface area contributed by atoms with Crippen LogP contribution in [-0.4, -0.2) is 31.5 Å². The standard InChI is InChI=1S/C20H19FN4O2S/c1-3-25(4-2)20-19(23-16-7-5-6-8-17(16)24-20)18(13-22)28(26,27)15-11-9-14(21)10-12-15/h5-12,18H,3-4H2,1-2H3. The van der Waals surface area contributed by atoms with Gasteiger partial charge in [0.05, 0.1) is 22.0 Å². The lowest BCUT2D eigenvalue weighted by Gasteiger charge is -2.24. The summed E-state index contributed by atoms with van der Waals surface area (Å²) in [5.41, 5.74) is 1.20. The highest BCUT2D eigenvalue weighted by Gasteiger charge is 2.34. The Morgan fingerprint density at radius 2 is 1.61 bits per heavy atom. The number of nitrogens with zero attached hydrogens (tertiary/aromatic N) is 4. The van der Waals surface area contributed by atoms with Gasteiger partial charge in [0.2, 0.25) is 9.84 Å². The number of nitriles is 1. The van der Waals surface area contributed by atoms with Gasteiger partial charge in [-0.1, -0.05) is 12.1 Å². The molecule has 0 aliphatic rings. The van der Waals surface area contributed by atoms with E-state index in [0.717, 1.165) is 24.3 Å². The lowest BCUT2D eigenvalue weighted by atomic mass is 10.2. The van der Waals surface area contributed by atoms with Crippen LogP contribution in [0.15, 0.2) is 53.4 Å². The van der Waals surface area contributed by atoms with Crippen molar-refractivity contribution in [2.45, 2.75) is 24.0 Å². The van der Waals surface area contributed by atoms with E-state index in [1.54, 1.807) is 18.2 Å². The third kappa shape index (κ3) is 3.53. The van der Waals surface area contributed by atoms with E-state index in [0.29, 0.717) is 29.9 Å². The summed E-state index contributed by atoms with van der Waals surface area (Å²) in [6, 6.07) is 13.4. The molecule has 3 aromatic rings. The number of aromatic nitrogens is 2. The molecule has 3 rings (SSSR count). The van der Waals surface area contributed by atoms with E-state index in [4.69, 9.17) is 0 Å². The number of anilines is 1. The maximum absolute atomic E-state index is 13.2. The van der Waals surface area contributed by atoms with Crippen molar-refractivity contribution in [3.05, 3.63) is 60.0 Å². The molecule has 0 fully saturated rings. The number of benzene rings is 2. The molecule has 2 aromatic carbocycles. The maximum atomic E-state index is 13.2. The Morgan fingerprint density at radius 1 is 1.04 bits per heavy atom. The summed E-state index contributed by atoms with van der Waals surface area (Å²) in [7, 11) is -4.12. The molecule has 0 N–H and O–H groups in total. The van der Waals surface area contributed by atoms with Gasteiger partial charge in [-0.05, 0) is 50.2 Å². The Bertz CT molecular complexity index is 1140. The van der Waals surface area contributed by atoms with Crippen LogP contribution in [0.3, 0.4) is 0 Å². The summed E-state index contributed by atoms with van der Waals surface area (Å²) >= 11 is 0. The second-order valence-electron chi connectivity index (χ2n) is 6.10. The van der Waals surface area contributed by atoms with Crippen LogP contribution in [0, 0.1) is 17.1 Å². The first-order valence-electron chi connectivity index (χ1n) is 8.83. The van der Waals surface area contributed by atoms with Crippen molar-refractivity contribution in [3.63, 3.8) is 0 Å². The highest BCUT2D eigenvalue weighted by atomic mass is 32.2. The number of para-hydroxylation sites is 2. The second-order valence-corrected chi connectivity index (χ2v) is 8.13. The molecule has 0 radical (unpaired) electrons. The molecule has 144 valence electrons. The van der Waals surface area contributed by atoms with Crippen molar-refractivity contribution in [1.29, 1.82) is 5.26 Å². The smallest absolute Gasteiger partial charge is 0.200 e. The fraction of sp³-hybridized carbons (Fsp3) is 0.250. The Labute approximate surface area is 163 Å². The summed E-state index contributed by atoms with van der Waals surface area (Å²) in [4.78, 5) is 10.8. The fourth-order valence-corrected chi connectivity index (χ4v) is 4.35. The number of fused-ring (bicyclic) bond motifs is 1. The number of sulfone groups is 1. The Balaban J connectivity index is 2.25. The van der Waals surface area contributed by atoms with E-state index < -0.39 is 20.9 Å². The van der Waals surface area contributed by atoms with Crippen LogP contribution in [0.4, 0.5) is 10.2 Å². The molecule has 8 heteroatoms. The first-order chi connectivity index (χ1) is 13.4. The van der Waals surface area contributed by atoms with Crippen LogP contribution in [0.25, 0.3) is 11.0 Å². The molecule has 1 aromatic heterocycles. The van der Waals surface area contributed by atoms with Gasteiger partial charge in [-0.3, -0.25) is 0 Å². The fourth-order valence-electron chi connectivity index (χ4n) is 2.97. The summed E-state index contributed by atoms with van der Waals surface area (Å²) in [6.07, 6.45) is 0. The molecule has 1 unspecified atom stereocenters. The quantitative estimate of drug-likeness (QED) is 0.589. The predicted molar refractivity (Wildman–Crippen MR) is 105 cm³/mol. The lowest BCUT2D eigenvalue weighted by Crippen LogP contribution is -2.27. The summed E-state index contributed by atoms with van der Waals surface area (Å²) in [5.74, 6) is -0.192. The van der Waals surface area contributed by atoms with Gasteiger partial charge in [-0.15, -0.1) is 0 Å². The third-order valence-corrected chi connectivity index (χ3v) is 6.34. The van der Waals surface area contributed by atoms with Crippen LogP contribution in [0.5, 0.6) is 0 Å². The molecule has 1 atom stereocenters. The predicted octanol–water partition coefficient (Wildman–Crippen LogP) is 3.65. The topological polar surface area (TPSA) is 86.9 Å². The van der Waals surface area contributed by atoms with Crippen molar-refractivity contribution >= 4 is 26.7 Å². The zero-order chi connectivity index (χ0) is 20.3. The van der Waals surface area contributed by atoms with Crippen LogP contribution >= 0.6 is 0 Å². The SMILES string of the molecule is CCN(CC)c1nc2ccccc2nc1C(C#N)S(=O)(=O)c1ccc(F)cc1. The van der Waals surface area contributed by atoms with Gasteiger partial charge >= 0.3 is 0 Å². The van der Waals surface area contributed by atoms with Gasteiger partial charge in [-0.2, -0.15) is 5.26 Å². The summed E-state index contributed by atoms with van der Waals surface area (Å²) in [5, 5.41) is 8.20. The van der Waals surface area contributed by atoms with Gasteiger partial charge < -0.3 is 4.90 Å². The third-order valence-electron chi connectivity index (χ3n) is 4.46. The first-order valence-corrected chi connectivity index (χ1v) is 10.4. The first kappa shape index (κ1) is 19.7. The molecule has 0 aliphatic carbocycles. The molecular weight excluding hydrogens is 379 g/mol. The minimum absolute atomic E-state index is 0.0780. The molecule has 6 nitrogen and oxygen atoms in total. The normalized spacial score (nSPS) is 12.5. The van der Waals surface area contributed by atoms with E-state index in [9.17, 15) is 18.1 Å². The van der Waals surface area contributed by atoms with Crippen molar-refractivity contribution in [3.8, 4) is 6.07 Å². The van der Waals surface area contributed by atoms with Gasteiger partial charge in [0.1, 0.15) is 11.5 Å². The minimum Gasteiger partial charge on any atom is -0.356 e. The molecule has 28 heavy (non-hydrogen) atoms. The van der Waals surface area contributed by atoms with Crippen LogP contribution in [0.1, 0.15) is 24.8 Å². The molecule has 0 bridgehead atoms. The highest BCUT2D eigenvalue weighted by Crippen LogP contribution is 2.33. The van der Waals surface area contributed by atoms with Gasteiger partial charge in [0.15, 0.2) is 11.1 Å². The zero-order valence-corrected chi connectivity index (χ0v) is 16.3. The average molecular weight is 398 g/mol. The number of rotatable bonds is 6. The lowest BCUT2D eigenvalue weighted by molar-refractivity contribution is 0.588. The largest absolute Gasteiger partial charge is 0.356 e. The van der Waals surface area contributed by atoms with Crippen molar-refractivity contribution in [2.24, 2.45) is 0 Å². The summed E-state index contributed by atoms with van der Waals surface area (Å²) in [6.45, 7) is 4.98. The van der Waals surface area contributed by atoms with Crippen molar-refractivity contribution in [2.75, 3.05) is 18.0 Å². The van der Waals surface area contributed by atoms with Gasteiger partial charge in [-0.25, -0.2) is 22.8 Å². The molecule has 0 aliphatic heterocycles. The maximum Gasteiger partial charge on any atom is 0.200 e. The minimum atomic E-state index is -4.12. The molecule has 0 amide bonds. The van der Waals surface area contributed by atoms with E-state index in [1.165, 1.54) is 0 Å². The monoisotopic (exact) mass is 398 g/mol. The molecular formula is C20H19FN4O2S. The van der Waals surface area contributed by atoms with E-state index in [-0.39, 0.29) is 10.6 Å². The molecule has 0 spiro atoms. The summed E-state index contributed by atoms with van der Waals surface area (Å²) < 4.78 is 39.5. The van der Waals surface area contributed by atoms with Crippen LogP contribution in [-0.2, 0) is 9.84 Å². The number of halogens is 1. The van der Waals surface area contributed by atoms with Crippen molar-refractivity contribution < 1.29 is 12.8 Å². The Morgan fingerprint density at radius 3 is 2.14 bits per heavy atom. The molecule has 0 saturated carbocycles. The number of hydrogen-bond acceptors (Lipinski definition) is 6.